The van der Waals surface area contributed by atoms with Crippen LogP contribution >= 0.6 is 11.6 Å². The molecular formula is C25H22ClFN6O2. The SMILES string of the molecule is N=CN(N=N)c1ccc(Cl)cc1N1CC(=O)N(C(Cc2ccccc2)c2cccc(F)c2)CC1=O. The van der Waals surface area contributed by atoms with Gasteiger partial charge >= 0.3 is 0 Å². The van der Waals surface area contributed by atoms with Crippen molar-refractivity contribution in [1.82, 2.24) is 4.90 Å². The van der Waals surface area contributed by atoms with Crippen molar-refractivity contribution in [3.8, 4) is 0 Å². The smallest absolute Gasteiger partial charge is 0.247 e. The van der Waals surface area contributed by atoms with E-state index in [0.29, 0.717) is 17.0 Å². The number of nitrogens with zero attached hydrogens (tertiary/aromatic N) is 4. The molecule has 3 aromatic carbocycles. The Morgan fingerprint density at radius 3 is 2.49 bits per heavy atom. The molecule has 8 nitrogen and oxygen atoms in total. The lowest BCUT2D eigenvalue weighted by molar-refractivity contribution is -0.140. The van der Waals surface area contributed by atoms with Gasteiger partial charge in [0.05, 0.1) is 17.4 Å². The third kappa shape index (κ3) is 5.20. The van der Waals surface area contributed by atoms with Crippen LogP contribution in [0.25, 0.3) is 0 Å². The van der Waals surface area contributed by atoms with Crippen LogP contribution in [0.5, 0.6) is 0 Å². The number of rotatable bonds is 8. The molecule has 0 aliphatic carbocycles. The van der Waals surface area contributed by atoms with Gasteiger partial charge in [-0.2, -0.15) is 5.53 Å². The summed E-state index contributed by atoms with van der Waals surface area (Å²) in [7, 11) is 0. The number of amides is 2. The quantitative estimate of drug-likeness (QED) is 0.200. The van der Waals surface area contributed by atoms with Gasteiger partial charge in [0.2, 0.25) is 11.8 Å². The van der Waals surface area contributed by atoms with Gasteiger partial charge in [-0.1, -0.05) is 59.3 Å². The molecule has 2 N–H and O–H groups in total. The molecule has 1 heterocycles. The fourth-order valence-corrected chi connectivity index (χ4v) is 4.32. The predicted molar refractivity (Wildman–Crippen MR) is 131 cm³/mol. The Morgan fingerprint density at radius 1 is 1.03 bits per heavy atom. The summed E-state index contributed by atoms with van der Waals surface area (Å²) in [6.45, 7) is -0.516. The van der Waals surface area contributed by atoms with Crippen LogP contribution in [0.15, 0.2) is 78.0 Å². The summed E-state index contributed by atoms with van der Waals surface area (Å²) in [6, 6.07) is 19.6. The van der Waals surface area contributed by atoms with Gasteiger partial charge in [0, 0.05) is 5.02 Å². The van der Waals surface area contributed by atoms with Gasteiger partial charge in [0.25, 0.3) is 0 Å². The normalized spacial score (nSPS) is 14.6. The molecule has 0 aromatic heterocycles. The van der Waals surface area contributed by atoms with Crippen LogP contribution in [-0.4, -0.2) is 36.1 Å². The molecule has 1 saturated heterocycles. The summed E-state index contributed by atoms with van der Waals surface area (Å²) in [5.41, 5.74) is 9.38. The number of nitrogens with one attached hydrogen (secondary N) is 2. The van der Waals surface area contributed by atoms with Crippen LogP contribution in [0.1, 0.15) is 17.2 Å². The first-order chi connectivity index (χ1) is 16.9. The lowest BCUT2D eigenvalue weighted by Gasteiger charge is -2.39. The minimum absolute atomic E-state index is 0.235. The van der Waals surface area contributed by atoms with Crippen LogP contribution in [0.2, 0.25) is 5.02 Å². The summed E-state index contributed by atoms with van der Waals surface area (Å²) < 4.78 is 14.1. The summed E-state index contributed by atoms with van der Waals surface area (Å²) in [5, 5.41) is 12.1. The second-order valence-corrected chi connectivity index (χ2v) is 8.41. The molecule has 0 spiro atoms. The molecular weight excluding hydrogens is 471 g/mol. The monoisotopic (exact) mass is 492 g/mol. The molecule has 1 atom stereocenters. The molecule has 2 amide bonds. The Balaban J connectivity index is 1.68. The fourth-order valence-electron chi connectivity index (χ4n) is 4.16. The maximum absolute atomic E-state index is 14.1. The molecule has 0 saturated carbocycles. The molecule has 35 heavy (non-hydrogen) atoms. The summed E-state index contributed by atoms with van der Waals surface area (Å²) in [4.78, 5) is 29.5. The first-order valence-corrected chi connectivity index (χ1v) is 11.1. The highest BCUT2D eigenvalue weighted by Gasteiger charge is 2.37. The van der Waals surface area contributed by atoms with Crippen LogP contribution in [0.3, 0.4) is 0 Å². The first-order valence-electron chi connectivity index (χ1n) is 10.8. The number of anilines is 2. The van der Waals surface area contributed by atoms with Crippen molar-refractivity contribution in [3.05, 3.63) is 94.8 Å². The molecule has 0 bridgehead atoms. The Kier molecular flexibility index (Phi) is 7.17. The maximum Gasteiger partial charge on any atom is 0.247 e. The van der Waals surface area contributed by atoms with Crippen molar-refractivity contribution in [2.75, 3.05) is 23.0 Å². The zero-order valence-electron chi connectivity index (χ0n) is 18.6. The van der Waals surface area contributed by atoms with Crippen molar-refractivity contribution < 1.29 is 14.0 Å². The number of carbonyl (C=O) groups excluding carboxylic acids is 2. The Labute approximate surface area is 206 Å². The Bertz CT molecular complexity index is 1260. The highest BCUT2D eigenvalue weighted by Crippen LogP contribution is 2.35. The van der Waals surface area contributed by atoms with E-state index in [0.717, 1.165) is 16.9 Å². The largest absolute Gasteiger partial charge is 0.324 e. The predicted octanol–water partition coefficient (Wildman–Crippen LogP) is 5.00. The lowest BCUT2D eigenvalue weighted by Crippen LogP contribution is -2.55. The van der Waals surface area contributed by atoms with Gasteiger partial charge < -0.3 is 4.90 Å². The molecule has 1 aliphatic heterocycles. The van der Waals surface area contributed by atoms with E-state index in [1.807, 2.05) is 30.3 Å². The molecule has 10 heteroatoms. The minimum Gasteiger partial charge on any atom is -0.324 e. The van der Waals surface area contributed by atoms with E-state index in [9.17, 15) is 14.0 Å². The van der Waals surface area contributed by atoms with E-state index >= 15 is 0 Å². The molecule has 1 aliphatic rings. The van der Waals surface area contributed by atoms with Crippen molar-refractivity contribution >= 4 is 41.1 Å². The van der Waals surface area contributed by atoms with Crippen molar-refractivity contribution in [2.24, 2.45) is 5.22 Å². The number of hydrogen-bond acceptors (Lipinski definition) is 5. The van der Waals surface area contributed by atoms with Gasteiger partial charge in [-0.15, -0.1) is 0 Å². The minimum atomic E-state index is -0.549. The molecule has 0 radical (unpaired) electrons. The number of carbonyl (C=O) groups is 2. The van der Waals surface area contributed by atoms with Gasteiger partial charge in [-0.25, -0.2) is 9.40 Å². The molecule has 178 valence electrons. The standard InChI is InChI=1S/C25H22ClFN6O2/c26-19-9-10-21(33(16-28)30-29)23(13-19)32-15-24(34)31(14-25(32)35)22(11-17-5-2-1-3-6-17)18-7-4-8-20(27)12-18/h1-10,12-13,16,22,28-29H,11,14-15H2. The van der Waals surface area contributed by atoms with E-state index in [-0.39, 0.29) is 36.3 Å². The van der Waals surface area contributed by atoms with Gasteiger partial charge in [-0.3, -0.25) is 19.9 Å². The van der Waals surface area contributed by atoms with Gasteiger partial charge in [0.1, 0.15) is 25.2 Å². The summed E-state index contributed by atoms with van der Waals surface area (Å²) in [6.07, 6.45) is 1.23. The van der Waals surface area contributed by atoms with Crippen LogP contribution < -0.4 is 9.91 Å². The van der Waals surface area contributed by atoms with Crippen LogP contribution in [0, 0.1) is 16.8 Å². The third-order valence-electron chi connectivity index (χ3n) is 5.81. The van der Waals surface area contributed by atoms with Gasteiger partial charge in [0.15, 0.2) is 0 Å². The first kappa shape index (κ1) is 24.0. The number of hydrogen-bond donors (Lipinski definition) is 2. The second-order valence-electron chi connectivity index (χ2n) is 7.97. The van der Waals surface area contributed by atoms with Crippen molar-refractivity contribution in [1.29, 1.82) is 10.9 Å². The van der Waals surface area contributed by atoms with E-state index in [4.69, 9.17) is 22.5 Å². The van der Waals surface area contributed by atoms with Crippen LogP contribution in [0.4, 0.5) is 15.8 Å². The third-order valence-corrected chi connectivity index (χ3v) is 6.04. The Morgan fingerprint density at radius 2 is 1.80 bits per heavy atom. The fraction of sp³-hybridized carbons (Fsp3) is 0.160. The molecule has 3 aromatic rings. The number of halogens is 2. The van der Waals surface area contributed by atoms with Crippen molar-refractivity contribution in [3.63, 3.8) is 0 Å². The zero-order chi connectivity index (χ0) is 24.9. The highest BCUT2D eigenvalue weighted by molar-refractivity contribution is 6.31. The summed E-state index contributed by atoms with van der Waals surface area (Å²) >= 11 is 6.15. The average Bonchev–Trinajstić information content (AvgIpc) is 2.86. The van der Waals surface area contributed by atoms with E-state index in [1.165, 1.54) is 34.1 Å². The van der Waals surface area contributed by atoms with E-state index in [1.54, 1.807) is 18.2 Å². The van der Waals surface area contributed by atoms with Gasteiger partial charge in [-0.05, 0) is 47.9 Å². The molecule has 4 rings (SSSR count). The van der Waals surface area contributed by atoms with Crippen molar-refractivity contribution in [2.45, 2.75) is 12.5 Å². The Hall–Kier alpha value is -4.11. The van der Waals surface area contributed by atoms with E-state index < -0.39 is 11.9 Å². The second kappa shape index (κ2) is 10.4. The van der Waals surface area contributed by atoms with Crippen LogP contribution in [-0.2, 0) is 16.0 Å². The number of benzene rings is 3. The lowest BCUT2D eigenvalue weighted by atomic mass is 9.96. The highest BCUT2D eigenvalue weighted by atomic mass is 35.5. The molecule has 1 unspecified atom stereocenters. The maximum atomic E-state index is 14.1. The average molecular weight is 493 g/mol. The van der Waals surface area contributed by atoms with E-state index in [2.05, 4.69) is 5.22 Å². The number of piperazine rings is 1. The topological polar surface area (TPSA) is 104 Å². The summed E-state index contributed by atoms with van der Waals surface area (Å²) in [5.74, 6) is -1.13. The zero-order valence-corrected chi connectivity index (χ0v) is 19.3. The molecule has 1 fully saturated rings.